The van der Waals surface area contributed by atoms with E-state index in [-0.39, 0.29) is 5.82 Å². The lowest BCUT2D eigenvalue weighted by Crippen LogP contribution is -2.37. The van der Waals surface area contributed by atoms with Gasteiger partial charge in [-0.15, -0.1) is 0 Å². The van der Waals surface area contributed by atoms with Crippen LogP contribution in [-0.4, -0.2) is 37.8 Å². The Kier molecular flexibility index (Phi) is 4.28. The molecular formula is C12H18FN3O. The summed E-state index contributed by atoms with van der Waals surface area (Å²) in [5, 5.41) is 3.21. The van der Waals surface area contributed by atoms with Crippen molar-refractivity contribution in [2.24, 2.45) is 0 Å². The highest BCUT2D eigenvalue weighted by atomic mass is 19.1. The molecule has 1 N–H and O–H groups in total. The molecule has 0 aliphatic carbocycles. The number of halogens is 1. The van der Waals surface area contributed by atoms with Crippen molar-refractivity contribution in [2.45, 2.75) is 13.5 Å². The fourth-order valence-electron chi connectivity index (χ4n) is 1.92. The van der Waals surface area contributed by atoms with Crippen LogP contribution < -0.4 is 10.2 Å². The lowest BCUT2D eigenvalue weighted by Gasteiger charge is -2.29. The molecule has 1 saturated heterocycles. The first kappa shape index (κ1) is 12.3. The number of hydrogen-bond donors (Lipinski definition) is 1. The number of anilines is 1. The van der Waals surface area contributed by atoms with Crippen molar-refractivity contribution >= 4 is 5.82 Å². The third kappa shape index (κ3) is 3.14. The van der Waals surface area contributed by atoms with Crippen LogP contribution in [0.2, 0.25) is 0 Å². The SMILES string of the molecule is CCNCc1cc(F)cnc1N1CCOCC1. The summed E-state index contributed by atoms with van der Waals surface area (Å²) in [7, 11) is 0. The highest BCUT2D eigenvalue weighted by Gasteiger charge is 2.16. The second kappa shape index (κ2) is 5.93. The van der Waals surface area contributed by atoms with Crippen LogP contribution in [0.15, 0.2) is 12.3 Å². The van der Waals surface area contributed by atoms with Crippen LogP contribution in [0.3, 0.4) is 0 Å². The van der Waals surface area contributed by atoms with Crippen LogP contribution in [0.4, 0.5) is 10.2 Å². The molecule has 0 amide bonds. The molecule has 0 aromatic carbocycles. The van der Waals surface area contributed by atoms with Gasteiger partial charge in [0.05, 0.1) is 19.4 Å². The molecule has 2 rings (SSSR count). The van der Waals surface area contributed by atoms with Crippen molar-refractivity contribution in [2.75, 3.05) is 37.7 Å². The summed E-state index contributed by atoms with van der Waals surface area (Å²) in [6.07, 6.45) is 1.28. The highest BCUT2D eigenvalue weighted by molar-refractivity contribution is 5.47. The Labute approximate surface area is 101 Å². The molecule has 0 atom stereocenters. The summed E-state index contributed by atoms with van der Waals surface area (Å²) in [4.78, 5) is 6.36. The minimum Gasteiger partial charge on any atom is -0.378 e. The first-order valence-corrected chi connectivity index (χ1v) is 5.99. The van der Waals surface area contributed by atoms with E-state index in [1.54, 1.807) is 6.07 Å². The number of ether oxygens (including phenoxy) is 1. The summed E-state index contributed by atoms with van der Waals surface area (Å²) < 4.78 is 18.5. The van der Waals surface area contributed by atoms with Crippen molar-refractivity contribution in [1.29, 1.82) is 0 Å². The lowest BCUT2D eigenvalue weighted by molar-refractivity contribution is 0.122. The molecule has 1 fully saturated rings. The van der Waals surface area contributed by atoms with E-state index in [1.807, 2.05) is 6.92 Å². The summed E-state index contributed by atoms with van der Waals surface area (Å²) >= 11 is 0. The van der Waals surface area contributed by atoms with Gasteiger partial charge in [0.2, 0.25) is 0 Å². The average molecular weight is 239 g/mol. The first-order chi connectivity index (χ1) is 8.31. The van der Waals surface area contributed by atoms with Crippen molar-refractivity contribution in [3.05, 3.63) is 23.6 Å². The summed E-state index contributed by atoms with van der Waals surface area (Å²) in [6, 6.07) is 1.56. The fraction of sp³-hybridized carbons (Fsp3) is 0.583. The molecule has 1 aliphatic heterocycles. The van der Waals surface area contributed by atoms with Gasteiger partial charge in [-0.05, 0) is 12.6 Å². The van der Waals surface area contributed by atoms with Gasteiger partial charge in [-0.1, -0.05) is 6.92 Å². The predicted octanol–water partition coefficient (Wildman–Crippen LogP) is 1.17. The van der Waals surface area contributed by atoms with Gasteiger partial charge in [0, 0.05) is 25.2 Å². The zero-order valence-corrected chi connectivity index (χ0v) is 10.1. The van der Waals surface area contributed by atoms with E-state index in [0.29, 0.717) is 19.8 Å². The van der Waals surface area contributed by atoms with E-state index >= 15 is 0 Å². The Balaban J connectivity index is 2.18. The maximum atomic E-state index is 13.2. The van der Waals surface area contributed by atoms with Gasteiger partial charge in [0.15, 0.2) is 0 Å². The molecule has 0 radical (unpaired) electrons. The largest absolute Gasteiger partial charge is 0.378 e. The number of pyridine rings is 1. The number of hydrogen-bond acceptors (Lipinski definition) is 4. The molecule has 0 bridgehead atoms. The zero-order valence-electron chi connectivity index (χ0n) is 10.1. The lowest BCUT2D eigenvalue weighted by atomic mass is 10.2. The maximum Gasteiger partial charge on any atom is 0.141 e. The van der Waals surface area contributed by atoms with E-state index in [1.165, 1.54) is 6.20 Å². The minimum absolute atomic E-state index is 0.282. The molecule has 0 saturated carbocycles. The van der Waals surface area contributed by atoms with Gasteiger partial charge in [0.25, 0.3) is 0 Å². The second-order valence-electron chi connectivity index (χ2n) is 4.02. The molecule has 0 unspecified atom stereocenters. The van der Waals surface area contributed by atoms with Crippen LogP contribution in [0.25, 0.3) is 0 Å². The van der Waals surface area contributed by atoms with Gasteiger partial charge in [-0.25, -0.2) is 9.37 Å². The summed E-state index contributed by atoms with van der Waals surface area (Å²) in [6.45, 7) is 6.59. The van der Waals surface area contributed by atoms with Gasteiger partial charge >= 0.3 is 0 Å². The molecule has 94 valence electrons. The Morgan fingerprint density at radius 1 is 1.47 bits per heavy atom. The Bertz CT molecular complexity index is 367. The van der Waals surface area contributed by atoms with Crippen LogP contribution in [-0.2, 0) is 11.3 Å². The molecule has 1 aromatic rings. The Morgan fingerprint density at radius 2 is 2.24 bits per heavy atom. The molecule has 17 heavy (non-hydrogen) atoms. The van der Waals surface area contributed by atoms with Gasteiger partial charge in [0.1, 0.15) is 11.6 Å². The van der Waals surface area contributed by atoms with Crippen LogP contribution in [0.5, 0.6) is 0 Å². The van der Waals surface area contributed by atoms with Crippen molar-refractivity contribution in [3.8, 4) is 0 Å². The molecule has 4 nitrogen and oxygen atoms in total. The molecule has 1 aromatic heterocycles. The fourth-order valence-corrected chi connectivity index (χ4v) is 1.92. The Morgan fingerprint density at radius 3 is 2.94 bits per heavy atom. The third-order valence-corrected chi connectivity index (χ3v) is 2.79. The van der Waals surface area contributed by atoms with E-state index < -0.39 is 0 Å². The van der Waals surface area contributed by atoms with Crippen molar-refractivity contribution in [1.82, 2.24) is 10.3 Å². The van der Waals surface area contributed by atoms with Crippen molar-refractivity contribution < 1.29 is 9.13 Å². The Hall–Kier alpha value is -1.20. The topological polar surface area (TPSA) is 37.4 Å². The normalized spacial score (nSPS) is 16.2. The number of aromatic nitrogens is 1. The van der Waals surface area contributed by atoms with E-state index in [9.17, 15) is 4.39 Å². The molecular weight excluding hydrogens is 221 g/mol. The minimum atomic E-state index is -0.282. The van der Waals surface area contributed by atoms with E-state index in [4.69, 9.17) is 4.74 Å². The van der Waals surface area contributed by atoms with Gasteiger partial charge < -0.3 is 15.0 Å². The molecule has 0 spiro atoms. The van der Waals surface area contributed by atoms with E-state index in [2.05, 4.69) is 15.2 Å². The first-order valence-electron chi connectivity index (χ1n) is 5.99. The number of nitrogens with zero attached hydrogens (tertiary/aromatic N) is 2. The van der Waals surface area contributed by atoms with Crippen LogP contribution in [0, 0.1) is 5.82 Å². The smallest absolute Gasteiger partial charge is 0.141 e. The van der Waals surface area contributed by atoms with E-state index in [0.717, 1.165) is 31.0 Å². The summed E-state index contributed by atoms with van der Waals surface area (Å²) in [5.41, 5.74) is 0.911. The van der Waals surface area contributed by atoms with Crippen LogP contribution in [0.1, 0.15) is 12.5 Å². The average Bonchev–Trinajstić information content (AvgIpc) is 2.37. The van der Waals surface area contributed by atoms with Gasteiger partial charge in [-0.3, -0.25) is 0 Å². The number of morpholine rings is 1. The number of nitrogens with one attached hydrogen (secondary N) is 1. The van der Waals surface area contributed by atoms with Crippen molar-refractivity contribution in [3.63, 3.8) is 0 Å². The highest BCUT2D eigenvalue weighted by Crippen LogP contribution is 2.19. The monoisotopic (exact) mass is 239 g/mol. The molecule has 2 heterocycles. The predicted molar refractivity (Wildman–Crippen MR) is 64.6 cm³/mol. The molecule has 1 aliphatic rings. The zero-order chi connectivity index (χ0) is 12.1. The second-order valence-corrected chi connectivity index (χ2v) is 4.02. The third-order valence-electron chi connectivity index (χ3n) is 2.79. The molecule has 5 heteroatoms. The maximum absolute atomic E-state index is 13.2. The van der Waals surface area contributed by atoms with Crippen LogP contribution >= 0.6 is 0 Å². The summed E-state index contributed by atoms with van der Waals surface area (Å²) in [5.74, 6) is 0.588. The number of rotatable bonds is 4. The quantitative estimate of drug-likeness (QED) is 0.855. The van der Waals surface area contributed by atoms with Gasteiger partial charge in [-0.2, -0.15) is 0 Å². The standard InChI is InChI=1S/C12H18FN3O/c1-2-14-8-10-7-11(13)9-15-12(10)16-3-5-17-6-4-16/h7,9,14H,2-6,8H2,1H3.